The van der Waals surface area contributed by atoms with Crippen molar-refractivity contribution in [3.63, 3.8) is 0 Å². The summed E-state index contributed by atoms with van der Waals surface area (Å²) in [6.07, 6.45) is 4.68. The van der Waals surface area contributed by atoms with Gasteiger partial charge in [-0.2, -0.15) is 5.10 Å². The summed E-state index contributed by atoms with van der Waals surface area (Å²) in [6.45, 7) is 8.45. The maximum absolute atomic E-state index is 12.8. The summed E-state index contributed by atoms with van der Waals surface area (Å²) >= 11 is 1.82. The molecular formula is C17H24N4OS. The molecule has 0 radical (unpaired) electrons. The normalized spacial score (nSPS) is 16.7. The van der Waals surface area contributed by atoms with Crippen LogP contribution in [0.25, 0.3) is 0 Å². The Kier molecular flexibility index (Phi) is 4.82. The average Bonchev–Trinajstić information content (AvgIpc) is 3.26. The van der Waals surface area contributed by atoms with E-state index in [-0.39, 0.29) is 5.91 Å². The van der Waals surface area contributed by atoms with Crippen LogP contribution in [0.5, 0.6) is 0 Å². The van der Waals surface area contributed by atoms with E-state index in [4.69, 9.17) is 0 Å². The fourth-order valence-electron chi connectivity index (χ4n) is 2.98. The molecule has 0 saturated carbocycles. The number of carbonyl (C=O) groups excluding carboxylic acids is 1. The van der Waals surface area contributed by atoms with Gasteiger partial charge in [0.05, 0.1) is 0 Å². The largest absolute Gasteiger partial charge is 0.338 e. The number of rotatable bonds is 5. The summed E-state index contributed by atoms with van der Waals surface area (Å²) in [4.78, 5) is 18.7. The number of hydrogen-bond donors (Lipinski definition) is 0. The smallest absolute Gasteiger partial charge is 0.250 e. The molecule has 0 bridgehead atoms. The third kappa shape index (κ3) is 3.64. The zero-order valence-electron chi connectivity index (χ0n) is 13.8. The van der Waals surface area contributed by atoms with Crippen molar-refractivity contribution >= 4 is 17.2 Å². The lowest BCUT2D eigenvalue weighted by Crippen LogP contribution is -2.54. The Balaban J connectivity index is 1.51. The van der Waals surface area contributed by atoms with Gasteiger partial charge in [-0.1, -0.05) is 6.07 Å². The van der Waals surface area contributed by atoms with Crippen molar-refractivity contribution in [2.45, 2.75) is 25.8 Å². The molecule has 0 N–H and O–H groups in total. The second kappa shape index (κ2) is 6.84. The van der Waals surface area contributed by atoms with Crippen molar-refractivity contribution in [2.24, 2.45) is 0 Å². The molecule has 1 saturated heterocycles. The minimum Gasteiger partial charge on any atom is -0.338 e. The van der Waals surface area contributed by atoms with Gasteiger partial charge in [-0.25, -0.2) is 0 Å². The van der Waals surface area contributed by atoms with Crippen molar-refractivity contribution in [3.05, 3.63) is 40.8 Å². The predicted molar refractivity (Wildman–Crippen MR) is 92.6 cm³/mol. The highest BCUT2D eigenvalue weighted by Crippen LogP contribution is 2.19. The molecule has 2 aromatic heterocycles. The molecule has 0 unspecified atom stereocenters. The van der Waals surface area contributed by atoms with Crippen LogP contribution >= 0.6 is 11.3 Å². The van der Waals surface area contributed by atoms with Crippen LogP contribution in [0.3, 0.4) is 0 Å². The van der Waals surface area contributed by atoms with Crippen LogP contribution < -0.4 is 0 Å². The summed E-state index contributed by atoms with van der Waals surface area (Å²) in [6, 6.07) is 6.16. The van der Waals surface area contributed by atoms with E-state index < -0.39 is 5.54 Å². The molecule has 3 heterocycles. The Hall–Kier alpha value is -1.66. The van der Waals surface area contributed by atoms with Crippen LogP contribution in [-0.4, -0.2) is 58.2 Å². The molecule has 2 aromatic rings. The minimum absolute atomic E-state index is 0.152. The Morgan fingerprint density at radius 2 is 2.04 bits per heavy atom. The van der Waals surface area contributed by atoms with Crippen molar-refractivity contribution in [3.8, 4) is 0 Å². The number of nitrogens with zero attached hydrogens (tertiary/aromatic N) is 4. The number of aromatic nitrogens is 2. The summed E-state index contributed by atoms with van der Waals surface area (Å²) in [5.74, 6) is 0.152. The van der Waals surface area contributed by atoms with Crippen molar-refractivity contribution in [1.29, 1.82) is 0 Å². The molecule has 1 amide bonds. The number of amides is 1. The van der Waals surface area contributed by atoms with E-state index in [1.807, 2.05) is 42.3 Å². The highest BCUT2D eigenvalue weighted by atomic mass is 32.1. The molecule has 5 nitrogen and oxygen atoms in total. The Morgan fingerprint density at radius 1 is 1.26 bits per heavy atom. The maximum Gasteiger partial charge on any atom is 0.250 e. The first-order valence-electron chi connectivity index (χ1n) is 8.11. The summed E-state index contributed by atoms with van der Waals surface area (Å²) < 4.78 is 1.75. The lowest BCUT2D eigenvalue weighted by molar-refractivity contribution is -0.141. The third-order valence-corrected chi connectivity index (χ3v) is 5.45. The summed E-state index contributed by atoms with van der Waals surface area (Å²) in [7, 11) is 0. The molecule has 0 spiro atoms. The highest BCUT2D eigenvalue weighted by Gasteiger charge is 2.35. The second-order valence-electron chi connectivity index (χ2n) is 6.47. The number of thiophene rings is 1. The van der Waals surface area contributed by atoms with E-state index in [1.165, 1.54) is 4.88 Å². The van der Waals surface area contributed by atoms with E-state index in [0.717, 1.165) is 39.1 Å². The van der Waals surface area contributed by atoms with Gasteiger partial charge in [0.25, 0.3) is 0 Å². The molecule has 0 atom stereocenters. The molecule has 1 aliphatic rings. The van der Waals surface area contributed by atoms with Gasteiger partial charge >= 0.3 is 0 Å². The molecule has 6 heteroatoms. The van der Waals surface area contributed by atoms with Gasteiger partial charge < -0.3 is 4.90 Å². The topological polar surface area (TPSA) is 41.4 Å². The maximum atomic E-state index is 12.8. The van der Waals surface area contributed by atoms with Crippen LogP contribution in [0.1, 0.15) is 18.7 Å². The van der Waals surface area contributed by atoms with Crippen LogP contribution in [-0.2, 0) is 16.8 Å². The fraction of sp³-hybridized carbons (Fsp3) is 0.529. The molecule has 23 heavy (non-hydrogen) atoms. The first kappa shape index (κ1) is 16.2. The van der Waals surface area contributed by atoms with Crippen molar-refractivity contribution in [2.75, 3.05) is 32.7 Å². The molecule has 0 aliphatic carbocycles. The van der Waals surface area contributed by atoms with Gasteiger partial charge in [0.2, 0.25) is 5.91 Å². The standard InChI is InChI=1S/C17H24N4OS/c1-17(2,21-8-4-7-18-21)16(22)20-12-10-19(11-13-20)9-6-15-5-3-14-23-15/h3-5,7-8,14H,6,9-13H2,1-2H3. The minimum atomic E-state index is -0.622. The lowest BCUT2D eigenvalue weighted by atomic mass is 10.0. The van der Waals surface area contributed by atoms with E-state index in [0.29, 0.717) is 0 Å². The average molecular weight is 332 g/mol. The van der Waals surface area contributed by atoms with Crippen LogP contribution in [0.4, 0.5) is 0 Å². The number of piperazine rings is 1. The molecule has 1 aliphatic heterocycles. The Morgan fingerprint density at radius 3 is 2.65 bits per heavy atom. The summed E-state index contributed by atoms with van der Waals surface area (Å²) in [5.41, 5.74) is -0.622. The van der Waals surface area contributed by atoms with Gasteiger partial charge in [-0.15, -0.1) is 11.3 Å². The summed E-state index contributed by atoms with van der Waals surface area (Å²) in [5, 5.41) is 6.36. The van der Waals surface area contributed by atoms with Gasteiger partial charge in [0.15, 0.2) is 0 Å². The second-order valence-corrected chi connectivity index (χ2v) is 7.51. The van der Waals surface area contributed by atoms with Crippen LogP contribution in [0, 0.1) is 0 Å². The van der Waals surface area contributed by atoms with Gasteiger partial charge in [0.1, 0.15) is 5.54 Å². The van der Waals surface area contributed by atoms with E-state index in [1.54, 1.807) is 10.9 Å². The third-order valence-electron chi connectivity index (χ3n) is 4.51. The molecule has 1 fully saturated rings. The van der Waals surface area contributed by atoms with Crippen molar-refractivity contribution < 1.29 is 4.79 Å². The number of hydrogen-bond acceptors (Lipinski definition) is 4. The molecule has 124 valence electrons. The fourth-order valence-corrected chi connectivity index (χ4v) is 3.68. The molecule has 0 aromatic carbocycles. The predicted octanol–water partition coefficient (Wildman–Crippen LogP) is 2.07. The zero-order valence-corrected chi connectivity index (χ0v) is 14.6. The quantitative estimate of drug-likeness (QED) is 0.842. The van der Waals surface area contributed by atoms with Gasteiger partial charge in [0, 0.05) is 50.0 Å². The lowest BCUT2D eigenvalue weighted by Gasteiger charge is -2.38. The number of carbonyl (C=O) groups is 1. The van der Waals surface area contributed by atoms with Crippen LogP contribution in [0.2, 0.25) is 0 Å². The van der Waals surface area contributed by atoms with E-state index in [9.17, 15) is 4.79 Å². The highest BCUT2D eigenvalue weighted by molar-refractivity contribution is 7.09. The Bertz CT molecular complexity index is 613. The monoisotopic (exact) mass is 332 g/mol. The van der Waals surface area contributed by atoms with Crippen LogP contribution in [0.15, 0.2) is 36.0 Å². The Labute approximate surface area is 141 Å². The SMILES string of the molecule is CC(C)(C(=O)N1CCN(CCc2cccs2)CC1)n1cccn1. The van der Waals surface area contributed by atoms with E-state index in [2.05, 4.69) is 27.5 Å². The molecule has 3 rings (SSSR count). The first-order chi connectivity index (χ1) is 11.1. The molecular weight excluding hydrogens is 308 g/mol. The zero-order chi connectivity index (χ0) is 16.3. The van der Waals surface area contributed by atoms with Gasteiger partial charge in [-0.3, -0.25) is 14.4 Å². The first-order valence-corrected chi connectivity index (χ1v) is 8.99. The van der Waals surface area contributed by atoms with Crippen molar-refractivity contribution in [1.82, 2.24) is 19.6 Å². The van der Waals surface area contributed by atoms with Gasteiger partial charge in [-0.05, 0) is 37.8 Å². The van der Waals surface area contributed by atoms with E-state index >= 15 is 0 Å².